The summed E-state index contributed by atoms with van der Waals surface area (Å²) in [6, 6.07) is 24.5. The summed E-state index contributed by atoms with van der Waals surface area (Å²) in [4.78, 5) is 38.4. The first-order chi connectivity index (χ1) is 16.9. The van der Waals surface area contributed by atoms with Crippen LogP contribution in [0.4, 0.5) is 0 Å². The first-order valence-electron chi connectivity index (χ1n) is 11.1. The molecule has 0 spiro atoms. The number of hydrogen-bond acceptors (Lipinski definition) is 8. The monoisotopic (exact) mass is 476 g/mol. The third kappa shape index (κ3) is 5.74. The van der Waals surface area contributed by atoms with Crippen LogP contribution in [0, 0.1) is 0 Å². The zero-order chi connectivity index (χ0) is 24.8. The number of ether oxygens (including phenoxy) is 4. The van der Waals surface area contributed by atoms with E-state index in [0.29, 0.717) is 0 Å². The van der Waals surface area contributed by atoms with Crippen molar-refractivity contribution in [1.82, 2.24) is 0 Å². The van der Waals surface area contributed by atoms with Gasteiger partial charge in [0.15, 0.2) is 6.10 Å². The van der Waals surface area contributed by atoms with Crippen LogP contribution in [0.3, 0.4) is 0 Å². The summed E-state index contributed by atoms with van der Waals surface area (Å²) in [5.74, 6) is -2.23. The van der Waals surface area contributed by atoms with E-state index in [9.17, 15) is 19.5 Å². The predicted molar refractivity (Wildman–Crippen MR) is 123 cm³/mol. The molecule has 0 saturated carbocycles. The van der Waals surface area contributed by atoms with E-state index in [-0.39, 0.29) is 16.7 Å². The van der Waals surface area contributed by atoms with Gasteiger partial charge in [-0.05, 0) is 43.3 Å². The van der Waals surface area contributed by atoms with Crippen LogP contribution in [-0.2, 0) is 18.9 Å². The molecule has 0 radical (unpaired) electrons. The Morgan fingerprint density at radius 2 is 1.00 bits per heavy atom. The van der Waals surface area contributed by atoms with Crippen LogP contribution < -0.4 is 0 Å². The lowest BCUT2D eigenvalue weighted by Gasteiger charge is -2.41. The molecule has 3 aromatic rings. The molecule has 1 fully saturated rings. The van der Waals surface area contributed by atoms with Crippen LogP contribution in [0.1, 0.15) is 38.0 Å². The standard InChI is InChI=1S/C27H24O8/c1-17-21(28)22(33-24(29)18-11-5-2-6-12-18)23(34-25(30)19-13-7-3-8-14-19)27(32-17)35-26(31)20-15-9-4-10-16-20/h2-17,21-23,27-28H,1H3/t17-,21-,22+,23+,27+/m0/s1. The first kappa shape index (κ1) is 24.1. The van der Waals surface area contributed by atoms with Gasteiger partial charge in [-0.15, -0.1) is 0 Å². The van der Waals surface area contributed by atoms with Crippen LogP contribution in [0.2, 0.25) is 0 Å². The van der Waals surface area contributed by atoms with Gasteiger partial charge in [0.05, 0.1) is 22.8 Å². The van der Waals surface area contributed by atoms with Gasteiger partial charge >= 0.3 is 17.9 Å². The van der Waals surface area contributed by atoms with Crippen LogP contribution in [0.5, 0.6) is 0 Å². The fourth-order valence-electron chi connectivity index (χ4n) is 3.62. The van der Waals surface area contributed by atoms with Crippen molar-refractivity contribution < 1.29 is 38.4 Å². The average molecular weight is 476 g/mol. The second kappa shape index (κ2) is 10.9. The maximum Gasteiger partial charge on any atom is 0.340 e. The molecule has 0 amide bonds. The largest absolute Gasteiger partial charge is 0.452 e. The second-order valence-electron chi connectivity index (χ2n) is 7.94. The summed E-state index contributed by atoms with van der Waals surface area (Å²) in [7, 11) is 0. The number of esters is 3. The van der Waals surface area contributed by atoms with Crippen molar-refractivity contribution in [1.29, 1.82) is 0 Å². The van der Waals surface area contributed by atoms with Crippen LogP contribution in [-0.4, -0.2) is 53.7 Å². The lowest BCUT2D eigenvalue weighted by molar-refractivity contribution is -0.275. The Labute approximate surface area is 202 Å². The topological polar surface area (TPSA) is 108 Å². The number of aliphatic hydroxyl groups is 1. The van der Waals surface area contributed by atoms with E-state index >= 15 is 0 Å². The van der Waals surface area contributed by atoms with Gasteiger partial charge in [0.1, 0.15) is 6.10 Å². The highest BCUT2D eigenvalue weighted by atomic mass is 16.7. The summed E-state index contributed by atoms with van der Waals surface area (Å²) < 4.78 is 22.4. The van der Waals surface area contributed by atoms with Gasteiger partial charge in [0.25, 0.3) is 0 Å². The maximum atomic E-state index is 12.9. The van der Waals surface area contributed by atoms with Gasteiger partial charge in [0.2, 0.25) is 12.4 Å². The molecular weight excluding hydrogens is 452 g/mol. The summed E-state index contributed by atoms with van der Waals surface area (Å²) >= 11 is 0. The van der Waals surface area contributed by atoms with Crippen molar-refractivity contribution in [3.8, 4) is 0 Å². The Morgan fingerprint density at radius 1 is 0.629 bits per heavy atom. The van der Waals surface area contributed by atoms with E-state index in [1.165, 1.54) is 6.92 Å². The van der Waals surface area contributed by atoms with Gasteiger partial charge in [-0.2, -0.15) is 0 Å². The van der Waals surface area contributed by atoms with Crippen molar-refractivity contribution in [2.75, 3.05) is 0 Å². The number of carbonyl (C=O) groups excluding carboxylic acids is 3. The van der Waals surface area contributed by atoms with Gasteiger partial charge < -0.3 is 24.1 Å². The third-order valence-corrected chi connectivity index (χ3v) is 5.50. The SMILES string of the molecule is C[C@@H]1O[C@H](OC(=O)c2ccccc2)[C@H](OC(=O)c2ccccc2)[C@H](OC(=O)c2ccccc2)[C@H]1O. The molecule has 4 rings (SSSR count). The molecule has 35 heavy (non-hydrogen) atoms. The van der Waals surface area contributed by atoms with Crippen molar-refractivity contribution in [3.63, 3.8) is 0 Å². The lowest BCUT2D eigenvalue weighted by Crippen LogP contribution is -2.60. The van der Waals surface area contributed by atoms with Gasteiger partial charge in [-0.1, -0.05) is 54.6 Å². The molecule has 0 aliphatic carbocycles. The molecule has 180 valence electrons. The van der Waals surface area contributed by atoms with E-state index in [0.717, 1.165) is 0 Å². The molecule has 1 N–H and O–H groups in total. The summed E-state index contributed by atoms with van der Waals surface area (Å²) in [6.07, 6.45) is -6.50. The molecule has 1 heterocycles. The first-order valence-corrected chi connectivity index (χ1v) is 11.1. The third-order valence-electron chi connectivity index (χ3n) is 5.50. The van der Waals surface area contributed by atoms with Crippen molar-refractivity contribution in [2.24, 2.45) is 0 Å². The Morgan fingerprint density at radius 3 is 1.43 bits per heavy atom. The normalized spacial score (nSPS) is 23.7. The van der Waals surface area contributed by atoms with Crippen molar-refractivity contribution in [2.45, 2.75) is 37.6 Å². The molecule has 1 aliphatic heterocycles. The molecule has 5 atom stereocenters. The van der Waals surface area contributed by atoms with Crippen LogP contribution >= 0.6 is 0 Å². The minimum absolute atomic E-state index is 0.224. The quantitative estimate of drug-likeness (QED) is 0.426. The highest BCUT2D eigenvalue weighted by Gasteiger charge is 2.50. The Bertz CT molecular complexity index is 1150. The minimum atomic E-state index is -1.44. The molecule has 0 aromatic heterocycles. The number of benzene rings is 3. The smallest absolute Gasteiger partial charge is 0.340 e. The fourth-order valence-corrected chi connectivity index (χ4v) is 3.62. The highest BCUT2D eigenvalue weighted by Crippen LogP contribution is 2.29. The van der Waals surface area contributed by atoms with E-state index in [1.807, 2.05) is 0 Å². The van der Waals surface area contributed by atoms with Crippen molar-refractivity contribution >= 4 is 17.9 Å². The van der Waals surface area contributed by atoms with Gasteiger partial charge in [-0.25, -0.2) is 14.4 Å². The molecule has 0 unspecified atom stereocenters. The Balaban J connectivity index is 1.63. The van der Waals surface area contributed by atoms with E-state index in [2.05, 4.69) is 0 Å². The van der Waals surface area contributed by atoms with Gasteiger partial charge in [-0.3, -0.25) is 0 Å². The lowest BCUT2D eigenvalue weighted by atomic mass is 9.99. The van der Waals surface area contributed by atoms with Crippen molar-refractivity contribution in [3.05, 3.63) is 108 Å². The molecule has 1 saturated heterocycles. The summed E-state index contributed by atoms with van der Waals surface area (Å²) in [5, 5.41) is 10.8. The molecule has 3 aromatic carbocycles. The molecule has 1 aliphatic rings. The Kier molecular flexibility index (Phi) is 7.54. The molecule has 8 heteroatoms. The zero-order valence-electron chi connectivity index (χ0n) is 18.9. The van der Waals surface area contributed by atoms with Crippen LogP contribution in [0.25, 0.3) is 0 Å². The van der Waals surface area contributed by atoms with E-state index in [1.54, 1.807) is 91.0 Å². The Hall–Kier alpha value is -4.01. The zero-order valence-corrected chi connectivity index (χ0v) is 18.9. The molecular formula is C27H24O8. The van der Waals surface area contributed by atoms with Gasteiger partial charge in [0, 0.05) is 0 Å². The van der Waals surface area contributed by atoms with E-state index in [4.69, 9.17) is 18.9 Å². The van der Waals surface area contributed by atoms with Crippen LogP contribution in [0.15, 0.2) is 91.0 Å². The predicted octanol–water partition coefficient (Wildman–Crippen LogP) is 3.40. The number of carbonyl (C=O) groups is 3. The van der Waals surface area contributed by atoms with E-state index < -0.39 is 48.6 Å². The minimum Gasteiger partial charge on any atom is -0.452 e. The number of hydrogen-bond donors (Lipinski definition) is 1. The molecule has 8 nitrogen and oxygen atoms in total. The number of aliphatic hydroxyl groups excluding tert-OH is 1. The highest BCUT2D eigenvalue weighted by molar-refractivity contribution is 5.91. The summed E-state index contributed by atoms with van der Waals surface area (Å²) in [6.45, 7) is 1.53. The fraction of sp³-hybridized carbons (Fsp3) is 0.222. The second-order valence-corrected chi connectivity index (χ2v) is 7.94. The maximum absolute atomic E-state index is 12.9. The number of rotatable bonds is 6. The molecule has 0 bridgehead atoms. The average Bonchev–Trinajstić information content (AvgIpc) is 2.90. The summed E-state index contributed by atoms with van der Waals surface area (Å²) in [5.41, 5.74) is 0.715.